The average molecular weight is 289 g/mol. The van der Waals surface area contributed by atoms with Gasteiger partial charge in [-0.25, -0.2) is 4.39 Å². The molecule has 3 rings (SSSR count). The Kier molecular flexibility index (Phi) is 3.76. The van der Waals surface area contributed by atoms with Crippen LogP contribution in [0.25, 0.3) is 0 Å². The second kappa shape index (κ2) is 5.42. The van der Waals surface area contributed by atoms with E-state index in [1.807, 2.05) is 12.1 Å². The summed E-state index contributed by atoms with van der Waals surface area (Å²) in [5.41, 5.74) is 1.93. The maximum atomic E-state index is 14.1. The molecule has 1 aliphatic carbocycles. The van der Waals surface area contributed by atoms with Gasteiger partial charge in [-0.3, -0.25) is 9.69 Å². The number of carbonyl (C=O) groups is 1. The van der Waals surface area contributed by atoms with Gasteiger partial charge in [-0.05, 0) is 17.5 Å². The molecule has 4 nitrogen and oxygen atoms in total. The predicted octanol–water partition coefficient (Wildman–Crippen LogP) is 0.423. The van der Waals surface area contributed by atoms with Crippen LogP contribution in [0.15, 0.2) is 18.2 Å². The van der Waals surface area contributed by atoms with Crippen molar-refractivity contribution < 1.29 is 18.7 Å². The van der Waals surface area contributed by atoms with E-state index in [-0.39, 0.29) is 19.2 Å². The SMILES string of the molecule is [B]c1ccc2c(c1)[C@]1(CC1F)CN(CC(=O)OC)COC2. The first-order chi connectivity index (χ1) is 10.0. The molecule has 1 fully saturated rings. The summed E-state index contributed by atoms with van der Waals surface area (Å²) >= 11 is 0. The number of alkyl halides is 1. The Labute approximate surface area is 124 Å². The molecule has 1 aliphatic heterocycles. The molecule has 1 aromatic rings. The van der Waals surface area contributed by atoms with Crippen LogP contribution >= 0.6 is 0 Å². The zero-order valence-corrected chi connectivity index (χ0v) is 12.0. The Balaban J connectivity index is 1.90. The molecule has 0 N–H and O–H groups in total. The predicted molar refractivity (Wildman–Crippen MR) is 76.3 cm³/mol. The quantitative estimate of drug-likeness (QED) is 0.584. The summed E-state index contributed by atoms with van der Waals surface area (Å²) < 4.78 is 24.4. The van der Waals surface area contributed by atoms with Crippen molar-refractivity contribution in [2.75, 3.05) is 26.9 Å². The molecule has 21 heavy (non-hydrogen) atoms. The molecular weight excluding hydrogens is 272 g/mol. The largest absolute Gasteiger partial charge is 0.468 e. The molecule has 0 aromatic heterocycles. The molecule has 2 atom stereocenters. The van der Waals surface area contributed by atoms with Gasteiger partial charge in [0.15, 0.2) is 0 Å². The van der Waals surface area contributed by atoms with Crippen molar-refractivity contribution in [1.29, 1.82) is 0 Å². The molecule has 1 saturated carbocycles. The topological polar surface area (TPSA) is 38.8 Å². The second-order valence-corrected chi connectivity index (χ2v) is 5.79. The molecule has 1 spiro atoms. The summed E-state index contributed by atoms with van der Waals surface area (Å²) in [7, 11) is 7.19. The lowest BCUT2D eigenvalue weighted by atomic mass is 9.84. The van der Waals surface area contributed by atoms with Gasteiger partial charge in [-0.1, -0.05) is 23.7 Å². The van der Waals surface area contributed by atoms with E-state index in [2.05, 4.69) is 4.74 Å². The van der Waals surface area contributed by atoms with Crippen molar-refractivity contribution in [2.24, 2.45) is 0 Å². The maximum Gasteiger partial charge on any atom is 0.319 e. The Morgan fingerprint density at radius 2 is 2.38 bits per heavy atom. The van der Waals surface area contributed by atoms with Gasteiger partial charge in [0, 0.05) is 12.0 Å². The molecule has 2 radical (unpaired) electrons. The summed E-state index contributed by atoms with van der Waals surface area (Å²) in [5.74, 6) is -0.349. The highest BCUT2D eigenvalue weighted by atomic mass is 19.1. The van der Waals surface area contributed by atoms with Crippen LogP contribution in [0.1, 0.15) is 17.5 Å². The number of ether oxygens (including phenoxy) is 2. The molecule has 1 aromatic carbocycles. The van der Waals surface area contributed by atoms with Crippen molar-refractivity contribution in [3.63, 3.8) is 0 Å². The first-order valence-corrected chi connectivity index (χ1v) is 6.95. The maximum absolute atomic E-state index is 14.1. The van der Waals surface area contributed by atoms with Crippen LogP contribution in [-0.4, -0.2) is 51.8 Å². The van der Waals surface area contributed by atoms with E-state index < -0.39 is 11.6 Å². The van der Waals surface area contributed by atoms with Crippen LogP contribution in [-0.2, 0) is 26.3 Å². The Bertz CT molecular complexity index is 568. The molecular formula is C15H17BFNO3. The van der Waals surface area contributed by atoms with Gasteiger partial charge in [0.1, 0.15) is 14.0 Å². The summed E-state index contributed by atoms with van der Waals surface area (Å²) in [4.78, 5) is 13.2. The summed E-state index contributed by atoms with van der Waals surface area (Å²) in [6.07, 6.45) is -0.447. The van der Waals surface area contributed by atoms with Crippen LogP contribution in [0.2, 0.25) is 0 Å². The van der Waals surface area contributed by atoms with Crippen LogP contribution in [0.3, 0.4) is 0 Å². The zero-order valence-electron chi connectivity index (χ0n) is 12.0. The van der Waals surface area contributed by atoms with E-state index in [1.165, 1.54) is 7.11 Å². The van der Waals surface area contributed by atoms with E-state index in [9.17, 15) is 9.18 Å². The Hall–Kier alpha value is -1.40. The number of methoxy groups -OCH3 is 1. The van der Waals surface area contributed by atoms with E-state index in [0.717, 1.165) is 11.1 Å². The smallest absolute Gasteiger partial charge is 0.319 e. The van der Waals surface area contributed by atoms with E-state index in [1.54, 1.807) is 11.0 Å². The fourth-order valence-corrected chi connectivity index (χ4v) is 3.05. The van der Waals surface area contributed by atoms with Crippen molar-refractivity contribution in [3.05, 3.63) is 29.3 Å². The Morgan fingerprint density at radius 1 is 1.62 bits per heavy atom. The number of benzene rings is 1. The lowest BCUT2D eigenvalue weighted by Crippen LogP contribution is -2.41. The van der Waals surface area contributed by atoms with Gasteiger partial charge >= 0.3 is 5.97 Å². The standard InChI is InChI=1S/C15H17BFNO3/c1-20-14(19)6-18-8-15(5-13(15)17)12-4-11(16)3-2-10(12)7-21-9-18/h2-4,13H,5-9H2,1H3/t13?,15-/m0/s1. The summed E-state index contributed by atoms with van der Waals surface area (Å²) in [5, 5.41) is 0. The highest BCUT2D eigenvalue weighted by Crippen LogP contribution is 2.52. The minimum absolute atomic E-state index is 0.0998. The minimum atomic E-state index is -0.906. The van der Waals surface area contributed by atoms with Gasteiger partial charge < -0.3 is 9.47 Å². The highest BCUT2D eigenvalue weighted by Gasteiger charge is 2.58. The third-order valence-corrected chi connectivity index (χ3v) is 4.27. The fourth-order valence-electron chi connectivity index (χ4n) is 3.05. The van der Waals surface area contributed by atoms with E-state index >= 15 is 0 Å². The normalized spacial score (nSPS) is 28.6. The van der Waals surface area contributed by atoms with Crippen LogP contribution in [0.5, 0.6) is 0 Å². The van der Waals surface area contributed by atoms with Crippen LogP contribution < -0.4 is 5.46 Å². The van der Waals surface area contributed by atoms with Gasteiger partial charge in [-0.15, -0.1) is 0 Å². The van der Waals surface area contributed by atoms with Gasteiger partial charge in [0.2, 0.25) is 0 Å². The average Bonchev–Trinajstić information content (AvgIpc) is 3.10. The van der Waals surface area contributed by atoms with Gasteiger partial charge in [-0.2, -0.15) is 0 Å². The molecule has 0 bridgehead atoms. The van der Waals surface area contributed by atoms with Gasteiger partial charge in [0.25, 0.3) is 0 Å². The molecule has 110 valence electrons. The zero-order chi connectivity index (χ0) is 15.0. The number of halogens is 1. The monoisotopic (exact) mass is 289 g/mol. The number of fused-ring (bicyclic) bond motifs is 2. The summed E-state index contributed by atoms with van der Waals surface area (Å²) in [6, 6.07) is 5.53. The van der Waals surface area contributed by atoms with Gasteiger partial charge in [0.05, 0.1) is 27.0 Å². The number of nitrogens with zero attached hydrogens (tertiary/aromatic N) is 1. The highest BCUT2D eigenvalue weighted by molar-refractivity contribution is 6.32. The number of carbonyl (C=O) groups excluding carboxylic acids is 1. The minimum Gasteiger partial charge on any atom is -0.468 e. The third-order valence-electron chi connectivity index (χ3n) is 4.27. The van der Waals surface area contributed by atoms with Crippen molar-refractivity contribution in [2.45, 2.75) is 24.6 Å². The molecule has 2 aliphatic rings. The van der Waals surface area contributed by atoms with Crippen molar-refractivity contribution in [1.82, 2.24) is 4.90 Å². The lowest BCUT2D eigenvalue weighted by Gasteiger charge is -2.31. The second-order valence-electron chi connectivity index (χ2n) is 5.79. The van der Waals surface area contributed by atoms with Crippen molar-refractivity contribution in [3.8, 4) is 0 Å². The molecule has 1 unspecified atom stereocenters. The number of rotatable bonds is 2. The number of esters is 1. The molecule has 0 amide bonds. The van der Waals surface area contributed by atoms with E-state index in [0.29, 0.717) is 25.0 Å². The summed E-state index contributed by atoms with van der Waals surface area (Å²) in [6.45, 7) is 1.21. The molecule has 0 saturated heterocycles. The Morgan fingerprint density at radius 3 is 3.05 bits per heavy atom. The van der Waals surface area contributed by atoms with Crippen molar-refractivity contribution >= 4 is 19.3 Å². The third kappa shape index (κ3) is 2.70. The lowest BCUT2D eigenvalue weighted by molar-refractivity contribution is -0.144. The molecule has 6 heteroatoms. The van der Waals surface area contributed by atoms with Crippen LogP contribution in [0, 0.1) is 0 Å². The first-order valence-electron chi connectivity index (χ1n) is 6.95. The fraction of sp³-hybridized carbons (Fsp3) is 0.533. The first kappa shape index (κ1) is 14.5. The van der Waals surface area contributed by atoms with Crippen LogP contribution in [0.4, 0.5) is 4.39 Å². The molecule has 1 heterocycles. The van der Waals surface area contributed by atoms with E-state index in [4.69, 9.17) is 12.6 Å². The number of hydrogen-bond donors (Lipinski definition) is 0. The number of hydrogen-bond acceptors (Lipinski definition) is 4.